The molecule has 0 amide bonds. The van der Waals surface area contributed by atoms with Gasteiger partial charge in [0.15, 0.2) is 5.78 Å². The molecule has 1 fully saturated rings. The highest BCUT2D eigenvalue weighted by Gasteiger charge is 2.14. The van der Waals surface area contributed by atoms with Gasteiger partial charge in [0.1, 0.15) is 0 Å². The predicted octanol–water partition coefficient (Wildman–Crippen LogP) is 3.56. The van der Waals surface area contributed by atoms with E-state index < -0.39 is 0 Å². The number of Topliss-reactive ketones (excluding diaryl/α,β-unsaturated/α-hetero) is 1. The molecule has 0 aliphatic carbocycles. The van der Waals surface area contributed by atoms with Crippen LogP contribution in [0.25, 0.3) is 0 Å². The number of pyridine rings is 1. The lowest BCUT2D eigenvalue weighted by Gasteiger charge is -2.21. The van der Waals surface area contributed by atoms with E-state index in [-0.39, 0.29) is 5.78 Å². The molecule has 19 heavy (non-hydrogen) atoms. The summed E-state index contributed by atoms with van der Waals surface area (Å²) in [6, 6.07) is 1.83. The van der Waals surface area contributed by atoms with Crippen LogP contribution < -0.4 is 0 Å². The van der Waals surface area contributed by atoms with Gasteiger partial charge in [-0.1, -0.05) is 12.8 Å². The van der Waals surface area contributed by atoms with Crippen molar-refractivity contribution < 1.29 is 9.53 Å². The Labute approximate surface area is 115 Å². The van der Waals surface area contributed by atoms with Gasteiger partial charge in [-0.15, -0.1) is 0 Å². The average Bonchev–Trinajstić information content (AvgIpc) is 2.45. The average molecular weight is 261 g/mol. The molecule has 0 spiro atoms. The Morgan fingerprint density at radius 3 is 2.89 bits per heavy atom. The number of hydrogen-bond acceptors (Lipinski definition) is 3. The third kappa shape index (κ3) is 4.43. The molecule has 3 nitrogen and oxygen atoms in total. The van der Waals surface area contributed by atoms with Crippen LogP contribution in [-0.2, 0) is 4.74 Å². The van der Waals surface area contributed by atoms with Crippen LogP contribution in [0, 0.1) is 12.8 Å². The molecular weight excluding hydrogens is 238 g/mol. The van der Waals surface area contributed by atoms with Crippen LogP contribution >= 0.6 is 0 Å². The number of carbonyl (C=O) groups is 1. The Hall–Kier alpha value is -1.22. The zero-order chi connectivity index (χ0) is 13.5. The van der Waals surface area contributed by atoms with Crippen LogP contribution in [0.4, 0.5) is 0 Å². The highest BCUT2D eigenvalue weighted by atomic mass is 16.5. The lowest BCUT2D eigenvalue weighted by atomic mass is 9.93. The predicted molar refractivity (Wildman–Crippen MR) is 75.3 cm³/mol. The summed E-state index contributed by atoms with van der Waals surface area (Å²) < 4.78 is 5.36. The molecule has 0 unspecified atom stereocenters. The standard InChI is InChI=1S/C16H23NO2/c1-13-12-17-9-6-15(13)16(18)5-3-2-4-14-7-10-19-11-8-14/h6,9,12,14H,2-5,7-8,10-11H2,1H3. The Balaban J connectivity index is 1.68. The van der Waals surface area contributed by atoms with Crippen molar-refractivity contribution in [1.29, 1.82) is 0 Å². The van der Waals surface area contributed by atoms with Crippen LogP contribution in [0.1, 0.15) is 54.4 Å². The van der Waals surface area contributed by atoms with Crippen molar-refractivity contribution in [1.82, 2.24) is 4.98 Å². The highest BCUT2D eigenvalue weighted by Crippen LogP contribution is 2.21. The van der Waals surface area contributed by atoms with Gasteiger partial charge >= 0.3 is 0 Å². The number of hydrogen-bond donors (Lipinski definition) is 0. The molecule has 0 bridgehead atoms. The van der Waals surface area contributed by atoms with Crippen LogP contribution in [0.15, 0.2) is 18.5 Å². The van der Waals surface area contributed by atoms with E-state index in [1.165, 1.54) is 19.3 Å². The van der Waals surface area contributed by atoms with Gasteiger partial charge < -0.3 is 4.74 Å². The molecule has 1 saturated heterocycles. The number of unbranched alkanes of at least 4 members (excludes halogenated alkanes) is 1. The van der Waals surface area contributed by atoms with Crippen LogP contribution in [-0.4, -0.2) is 24.0 Å². The van der Waals surface area contributed by atoms with E-state index >= 15 is 0 Å². The van der Waals surface area contributed by atoms with Crippen LogP contribution in [0.2, 0.25) is 0 Å². The number of nitrogens with zero attached hydrogens (tertiary/aromatic N) is 1. The van der Waals surface area contributed by atoms with Crippen molar-refractivity contribution in [3.05, 3.63) is 29.6 Å². The van der Waals surface area contributed by atoms with E-state index in [1.807, 2.05) is 13.0 Å². The SMILES string of the molecule is Cc1cnccc1C(=O)CCCCC1CCOCC1. The lowest BCUT2D eigenvalue weighted by Crippen LogP contribution is -2.15. The summed E-state index contributed by atoms with van der Waals surface area (Å²) >= 11 is 0. The number of aryl methyl sites for hydroxylation is 1. The topological polar surface area (TPSA) is 39.2 Å². The molecule has 0 atom stereocenters. The van der Waals surface area contributed by atoms with Gasteiger partial charge in [-0.25, -0.2) is 0 Å². The van der Waals surface area contributed by atoms with Gasteiger partial charge in [0.05, 0.1) is 0 Å². The monoisotopic (exact) mass is 261 g/mol. The molecule has 0 radical (unpaired) electrons. The number of ketones is 1. The van der Waals surface area contributed by atoms with Crippen molar-refractivity contribution in [3.63, 3.8) is 0 Å². The fourth-order valence-electron chi connectivity index (χ4n) is 2.67. The lowest BCUT2D eigenvalue weighted by molar-refractivity contribution is 0.0630. The van der Waals surface area contributed by atoms with Crippen molar-refractivity contribution in [3.8, 4) is 0 Å². The minimum atomic E-state index is 0.256. The van der Waals surface area contributed by atoms with E-state index in [9.17, 15) is 4.79 Å². The summed E-state index contributed by atoms with van der Waals surface area (Å²) in [6.45, 7) is 3.78. The minimum Gasteiger partial charge on any atom is -0.381 e. The summed E-state index contributed by atoms with van der Waals surface area (Å²) in [5.74, 6) is 1.07. The maximum atomic E-state index is 12.1. The van der Waals surface area contributed by atoms with E-state index in [2.05, 4.69) is 4.98 Å². The van der Waals surface area contributed by atoms with Crippen LogP contribution in [0.3, 0.4) is 0 Å². The minimum absolute atomic E-state index is 0.256. The van der Waals surface area contributed by atoms with E-state index in [0.717, 1.165) is 43.1 Å². The summed E-state index contributed by atoms with van der Waals surface area (Å²) in [5.41, 5.74) is 1.82. The summed E-state index contributed by atoms with van der Waals surface area (Å²) in [4.78, 5) is 16.1. The Morgan fingerprint density at radius 1 is 1.37 bits per heavy atom. The fraction of sp³-hybridized carbons (Fsp3) is 0.625. The normalized spacial score (nSPS) is 16.5. The van der Waals surface area contributed by atoms with Gasteiger partial charge in [-0.2, -0.15) is 0 Å². The molecule has 1 aliphatic heterocycles. The van der Waals surface area contributed by atoms with Gasteiger partial charge in [0.25, 0.3) is 0 Å². The second-order valence-electron chi connectivity index (χ2n) is 5.42. The molecule has 0 N–H and O–H groups in total. The Morgan fingerprint density at radius 2 is 2.16 bits per heavy atom. The molecule has 0 saturated carbocycles. The quantitative estimate of drug-likeness (QED) is 0.580. The second kappa shape index (κ2) is 7.39. The zero-order valence-corrected chi connectivity index (χ0v) is 11.7. The first-order valence-corrected chi connectivity index (χ1v) is 7.29. The number of ether oxygens (including phenoxy) is 1. The molecule has 0 aromatic carbocycles. The molecule has 1 aromatic heterocycles. The maximum Gasteiger partial charge on any atom is 0.163 e. The molecule has 1 aromatic rings. The fourth-order valence-corrected chi connectivity index (χ4v) is 2.67. The molecule has 104 valence electrons. The summed E-state index contributed by atoms with van der Waals surface area (Å²) in [5, 5.41) is 0. The molecule has 2 rings (SSSR count). The van der Waals surface area contributed by atoms with Gasteiger partial charge in [-0.3, -0.25) is 9.78 Å². The van der Waals surface area contributed by atoms with Gasteiger partial charge in [-0.05, 0) is 43.7 Å². The van der Waals surface area contributed by atoms with Gasteiger partial charge in [0, 0.05) is 37.6 Å². The Bertz CT molecular complexity index is 411. The third-order valence-corrected chi connectivity index (χ3v) is 3.93. The number of carbonyl (C=O) groups excluding carboxylic acids is 1. The van der Waals surface area contributed by atoms with Crippen LogP contribution in [0.5, 0.6) is 0 Å². The molecule has 3 heteroatoms. The Kier molecular flexibility index (Phi) is 5.52. The van der Waals surface area contributed by atoms with Crippen molar-refractivity contribution in [2.24, 2.45) is 5.92 Å². The largest absolute Gasteiger partial charge is 0.381 e. The maximum absolute atomic E-state index is 12.1. The summed E-state index contributed by atoms with van der Waals surface area (Å²) in [6.07, 6.45) is 9.89. The zero-order valence-electron chi connectivity index (χ0n) is 11.7. The van der Waals surface area contributed by atoms with Crippen molar-refractivity contribution >= 4 is 5.78 Å². The summed E-state index contributed by atoms with van der Waals surface area (Å²) in [7, 11) is 0. The van der Waals surface area contributed by atoms with Gasteiger partial charge in [0.2, 0.25) is 0 Å². The van der Waals surface area contributed by atoms with E-state index in [4.69, 9.17) is 4.74 Å². The smallest absolute Gasteiger partial charge is 0.163 e. The first-order valence-electron chi connectivity index (χ1n) is 7.29. The molecular formula is C16H23NO2. The first-order chi connectivity index (χ1) is 9.27. The number of aromatic nitrogens is 1. The van der Waals surface area contributed by atoms with Crippen molar-refractivity contribution in [2.45, 2.75) is 45.4 Å². The second-order valence-corrected chi connectivity index (χ2v) is 5.42. The first kappa shape index (κ1) is 14.2. The van der Waals surface area contributed by atoms with Crippen molar-refractivity contribution in [2.75, 3.05) is 13.2 Å². The van der Waals surface area contributed by atoms with E-state index in [1.54, 1.807) is 12.4 Å². The molecule has 1 aliphatic rings. The molecule has 2 heterocycles. The third-order valence-electron chi connectivity index (χ3n) is 3.93. The number of rotatable bonds is 6. The van der Waals surface area contributed by atoms with E-state index in [0.29, 0.717) is 6.42 Å². The highest BCUT2D eigenvalue weighted by molar-refractivity contribution is 5.97.